The third-order valence-electron chi connectivity index (χ3n) is 5.94. The van der Waals surface area contributed by atoms with Crippen LogP contribution in [-0.4, -0.2) is 60.6 Å². The van der Waals surface area contributed by atoms with Crippen molar-refractivity contribution in [3.05, 3.63) is 35.9 Å². The van der Waals surface area contributed by atoms with Crippen molar-refractivity contribution in [2.45, 2.75) is 37.6 Å². The number of rotatable bonds is 4. The van der Waals surface area contributed by atoms with E-state index in [2.05, 4.69) is 40.1 Å². The number of ether oxygens (including phenoxy) is 1. The monoisotopic (exact) mass is 328 g/mol. The van der Waals surface area contributed by atoms with Gasteiger partial charge in [0.2, 0.25) is 5.91 Å². The zero-order valence-corrected chi connectivity index (χ0v) is 14.5. The van der Waals surface area contributed by atoms with E-state index in [1.54, 1.807) is 0 Å². The number of piperidine rings is 1. The molecule has 4 heteroatoms. The maximum atomic E-state index is 12.7. The summed E-state index contributed by atoms with van der Waals surface area (Å²) >= 11 is 0. The van der Waals surface area contributed by atoms with Gasteiger partial charge in [0.15, 0.2) is 0 Å². The molecular formula is C20H28N2O2. The number of nitrogens with zero attached hydrogens (tertiary/aromatic N) is 2. The Bertz CT molecular complexity index is 562. The quantitative estimate of drug-likeness (QED) is 0.850. The van der Waals surface area contributed by atoms with Gasteiger partial charge in [-0.05, 0) is 37.7 Å². The number of likely N-dealkylation sites (tertiary alicyclic amines) is 1. The van der Waals surface area contributed by atoms with Crippen LogP contribution in [0.15, 0.2) is 30.3 Å². The lowest BCUT2D eigenvalue weighted by Gasteiger charge is -2.51. The van der Waals surface area contributed by atoms with Crippen LogP contribution in [-0.2, 0) is 16.0 Å². The van der Waals surface area contributed by atoms with Gasteiger partial charge in [-0.1, -0.05) is 30.3 Å². The first-order valence-corrected chi connectivity index (χ1v) is 9.42. The van der Waals surface area contributed by atoms with Gasteiger partial charge in [-0.3, -0.25) is 4.79 Å². The summed E-state index contributed by atoms with van der Waals surface area (Å²) in [4.78, 5) is 17.4. The Kier molecular flexibility index (Phi) is 4.59. The van der Waals surface area contributed by atoms with E-state index in [1.165, 1.54) is 5.56 Å². The number of amides is 1. The van der Waals surface area contributed by atoms with Crippen molar-refractivity contribution in [1.82, 2.24) is 9.80 Å². The predicted octanol–water partition coefficient (Wildman–Crippen LogP) is 2.33. The van der Waals surface area contributed by atoms with Crippen LogP contribution in [0.1, 0.15) is 31.2 Å². The van der Waals surface area contributed by atoms with E-state index >= 15 is 0 Å². The smallest absolute Gasteiger partial charge is 0.226 e. The Labute approximate surface area is 144 Å². The first-order valence-electron chi connectivity index (χ1n) is 9.42. The SMILES string of the molecule is O=C(C1CC1)N1CCOCC12CCN(CCc1ccccc1)CC2. The Morgan fingerprint density at radius 1 is 1.12 bits per heavy atom. The molecule has 1 aromatic carbocycles. The van der Waals surface area contributed by atoms with Crippen molar-refractivity contribution in [3.63, 3.8) is 0 Å². The molecule has 3 aliphatic rings. The maximum absolute atomic E-state index is 12.7. The number of hydrogen-bond donors (Lipinski definition) is 0. The Balaban J connectivity index is 1.34. The molecule has 0 unspecified atom stereocenters. The molecule has 1 aliphatic carbocycles. The maximum Gasteiger partial charge on any atom is 0.226 e. The molecule has 4 rings (SSSR count). The second kappa shape index (κ2) is 6.85. The van der Waals surface area contributed by atoms with E-state index in [9.17, 15) is 4.79 Å². The summed E-state index contributed by atoms with van der Waals surface area (Å²) < 4.78 is 5.80. The van der Waals surface area contributed by atoms with E-state index < -0.39 is 0 Å². The van der Waals surface area contributed by atoms with Gasteiger partial charge < -0.3 is 14.5 Å². The van der Waals surface area contributed by atoms with Crippen molar-refractivity contribution in [2.75, 3.05) is 39.4 Å². The van der Waals surface area contributed by atoms with Crippen LogP contribution in [0.3, 0.4) is 0 Å². The highest BCUT2D eigenvalue weighted by atomic mass is 16.5. The van der Waals surface area contributed by atoms with Gasteiger partial charge in [0.05, 0.1) is 18.8 Å². The van der Waals surface area contributed by atoms with E-state index in [0.29, 0.717) is 18.4 Å². The van der Waals surface area contributed by atoms with Gasteiger partial charge in [0, 0.05) is 32.1 Å². The molecule has 0 bridgehead atoms. The molecule has 130 valence electrons. The largest absolute Gasteiger partial charge is 0.377 e. The Hall–Kier alpha value is -1.39. The van der Waals surface area contributed by atoms with E-state index in [4.69, 9.17) is 4.74 Å². The number of hydrogen-bond acceptors (Lipinski definition) is 3. The lowest BCUT2D eigenvalue weighted by Crippen LogP contribution is -2.63. The van der Waals surface area contributed by atoms with Gasteiger partial charge >= 0.3 is 0 Å². The lowest BCUT2D eigenvalue weighted by molar-refractivity contribution is -0.155. The minimum Gasteiger partial charge on any atom is -0.377 e. The summed E-state index contributed by atoms with van der Waals surface area (Å²) in [7, 11) is 0. The fourth-order valence-corrected chi connectivity index (χ4v) is 4.17. The molecule has 0 radical (unpaired) electrons. The van der Waals surface area contributed by atoms with Crippen LogP contribution < -0.4 is 0 Å². The zero-order valence-electron chi connectivity index (χ0n) is 14.5. The van der Waals surface area contributed by atoms with Crippen molar-refractivity contribution in [1.29, 1.82) is 0 Å². The molecule has 24 heavy (non-hydrogen) atoms. The van der Waals surface area contributed by atoms with Gasteiger partial charge in [-0.25, -0.2) is 0 Å². The van der Waals surface area contributed by atoms with Crippen LogP contribution in [0.5, 0.6) is 0 Å². The summed E-state index contributed by atoms with van der Waals surface area (Å²) in [5.41, 5.74) is 1.38. The molecule has 0 aromatic heterocycles. The third kappa shape index (κ3) is 3.35. The first-order chi connectivity index (χ1) is 11.8. The van der Waals surface area contributed by atoms with Crippen LogP contribution in [0.2, 0.25) is 0 Å². The fraction of sp³-hybridized carbons (Fsp3) is 0.650. The summed E-state index contributed by atoms with van der Waals surface area (Å²) in [5.74, 6) is 0.715. The van der Waals surface area contributed by atoms with Gasteiger partial charge in [0.25, 0.3) is 0 Å². The molecule has 4 nitrogen and oxygen atoms in total. The summed E-state index contributed by atoms with van der Waals surface area (Å²) in [5, 5.41) is 0. The topological polar surface area (TPSA) is 32.8 Å². The number of carbonyl (C=O) groups is 1. The average Bonchev–Trinajstić information content (AvgIpc) is 3.47. The molecule has 1 saturated carbocycles. The van der Waals surface area contributed by atoms with Crippen molar-refractivity contribution >= 4 is 5.91 Å². The minimum absolute atomic E-state index is 0.0266. The second-order valence-electron chi connectivity index (χ2n) is 7.62. The highest BCUT2D eigenvalue weighted by molar-refractivity contribution is 5.82. The molecule has 0 N–H and O–H groups in total. The molecule has 1 spiro atoms. The molecule has 1 amide bonds. The fourth-order valence-electron chi connectivity index (χ4n) is 4.17. The predicted molar refractivity (Wildman–Crippen MR) is 93.8 cm³/mol. The van der Waals surface area contributed by atoms with Crippen LogP contribution in [0.4, 0.5) is 0 Å². The molecule has 2 heterocycles. The van der Waals surface area contributed by atoms with E-state index in [0.717, 1.165) is 64.9 Å². The highest BCUT2D eigenvalue weighted by Gasteiger charge is 2.47. The standard InChI is InChI=1S/C20H28N2O2/c23-19(18-6-7-18)22-14-15-24-16-20(22)9-12-21(13-10-20)11-8-17-4-2-1-3-5-17/h1-5,18H,6-16H2. The minimum atomic E-state index is -0.0266. The number of carbonyl (C=O) groups excluding carboxylic acids is 1. The Morgan fingerprint density at radius 3 is 2.58 bits per heavy atom. The van der Waals surface area contributed by atoms with Gasteiger partial charge in [-0.15, -0.1) is 0 Å². The molecule has 2 saturated heterocycles. The van der Waals surface area contributed by atoms with Crippen molar-refractivity contribution in [2.24, 2.45) is 5.92 Å². The normalized spacial score (nSPS) is 24.2. The van der Waals surface area contributed by atoms with Crippen molar-refractivity contribution in [3.8, 4) is 0 Å². The highest BCUT2D eigenvalue weighted by Crippen LogP contribution is 2.38. The molecule has 0 atom stereocenters. The van der Waals surface area contributed by atoms with Crippen LogP contribution in [0.25, 0.3) is 0 Å². The summed E-state index contributed by atoms with van der Waals surface area (Å²) in [6.45, 7) is 5.49. The summed E-state index contributed by atoms with van der Waals surface area (Å²) in [6, 6.07) is 10.7. The zero-order chi connectivity index (χ0) is 16.4. The average molecular weight is 328 g/mol. The number of benzene rings is 1. The molecule has 1 aromatic rings. The second-order valence-corrected chi connectivity index (χ2v) is 7.62. The Morgan fingerprint density at radius 2 is 1.88 bits per heavy atom. The molecule has 3 fully saturated rings. The third-order valence-corrected chi connectivity index (χ3v) is 5.94. The van der Waals surface area contributed by atoms with Gasteiger partial charge in [-0.2, -0.15) is 0 Å². The summed E-state index contributed by atoms with van der Waals surface area (Å²) in [6.07, 6.45) is 5.40. The van der Waals surface area contributed by atoms with E-state index in [-0.39, 0.29) is 5.54 Å². The molecule has 2 aliphatic heterocycles. The first kappa shape index (κ1) is 16.1. The van der Waals surface area contributed by atoms with Crippen molar-refractivity contribution < 1.29 is 9.53 Å². The van der Waals surface area contributed by atoms with Crippen LogP contribution in [0, 0.1) is 5.92 Å². The van der Waals surface area contributed by atoms with Crippen LogP contribution >= 0.6 is 0 Å². The van der Waals surface area contributed by atoms with Gasteiger partial charge in [0.1, 0.15) is 0 Å². The lowest BCUT2D eigenvalue weighted by atomic mass is 9.84. The number of morpholine rings is 1. The van der Waals surface area contributed by atoms with E-state index in [1.807, 2.05) is 0 Å². The molecular weight excluding hydrogens is 300 g/mol.